The minimum Gasteiger partial charge on any atom is -0.497 e. The Balaban J connectivity index is 2.44. The molecule has 0 aromatic heterocycles. The summed E-state index contributed by atoms with van der Waals surface area (Å²) >= 11 is 0. The Morgan fingerprint density at radius 1 is 1.09 bits per heavy atom. The number of rotatable bonds is 5. The number of ether oxygens (including phenoxy) is 1. The Morgan fingerprint density at radius 2 is 1.77 bits per heavy atom. The maximum Gasteiger partial charge on any atom is 0.250 e. The van der Waals surface area contributed by atoms with Crippen molar-refractivity contribution in [2.24, 2.45) is 0 Å². The Kier molecular flexibility index (Phi) is 4.73. The van der Waals surface area contributed by atoms with Crippen LogP contribution in [0.4, 0.5) is 5.69 Å². The summed E-state index contributed by atoms with van der Waals surface area (Å²) in [7, 11) is 1.53. The van der Waals surface area contributed by atoms with E-state index in [0.29, 0.717) is 28.1 Å². The van der Waals surface area contributed by atoms with Gasteiger partial charge in [-0.3, -0.25) is 9.59 Å². The number of ketones is 1. The fourth-order valence-electron chi connectivity index (χ4n) is 1.93. The molecule has 0 aliphatic rings. The third-order valence-electron chi connectivity index (χ3n) is 3.14. The van der Waals surface area contributed by atoms with Crippen LogP contribution < -0.4 is 10.1 Å². The number of methoxy groups -OCH3 is 1. The lowest BCUT2D eigenvalue weighted by molar-refractivity contribution is -0.112. The molecule has 0 heterocycles. The lowest BCUT2D eigenvalue weighted by atomic mass is 10.0. The zero-order chi connectivity index (χ0) is 16.1. The van der Waals surface area contributed by atoms with Crippen molar-refractivity contribution in [2.75, 3.05) is 12.4 Å². The van der Waals surface area contributed by atoms with E-state index in [-0.39, 0.29) is 11.7 Å². The first-order valence-electron chi connectivity index (χ1n) is 6.77. The van der Waals surface area contributed by atoms with Crippen molar-refractivity contribution in [1.82, 2.24) is 0 Å². The molecule has 0 radical (unpaired) electrons. The second-order valence-electron chi connectivity index (χ2n) is 4.84. The molecule has 0 unspecified atom stereocenters. The summed E-state index contributed by atoms with van der Waals surface area (Å²) in [6.07, 6.45) is 0. The third kappa shape index (κ3) is 3.41. The number of anilines is 1. The molecule has 22 heavy (non-hydrogen) atoms. The summed E-state index contributed by atoms with van der Waals surface area (Å²) in [6.45, 7) is 5.20. The normalized spacial score (nSPS) is 9.91. The molecule has 0 aliphatic heterocycles. The molecule has 0 aliphatic carbocycles. The first kappa shape index (κ1) is 15.5. The largest absolute Gasteiger partial charge is 0.497 e. The van der Waals surface area contributed by atoms with Crippen LogP contribution in [0, 0.1) is 0 Å². The van der Waals surface area contributed by atoms with E-state index in [1.54, 1.807) is 49.4 Å². The predicted octanol–water partition coefficient (Wildman–Crippen LogP) is 3.44. The molecule has 2 rings (SSSR count). The van der Waals surface area contributed by atoms with Crippen LogP contribution in [0.3, 0.4) is 0 Å². The molecule has 112 valence electrons. The summed E-state index contributed by atoms with van der Waals surface area (Å²) in [5.74, 6) is 0.0530. The maximum atomic E-state index is 12.6. The molecular formula is C18H17NO3. The molecule has 0 saturated carbocycles. The van der Waals surface area contributed by atoms with Gasteiger partial charge in [0.25, 0.3) is 5.91 Å². The number of hydrogen-bond donors (Lipinski definition) is 1. The van der Waals surface area contributed by atoms with Gasteiger partial charge in [-0.2, -0.15) is 0 Å². The number of benzene rings is 2. The number of amides is 1. The Labute approximate surface area is 129 Å². The van der Waals surface area contributed by atoms with Crippen molar-refractivity contribution in [1.29, 1.82) is 0 Å². The number of hydrogen-bond acceptors (Lipinski definition) is 3. The molecule has 0 saturated heterocycles. The van der Waals surface area contributed by atoms with Crippen molar-refractivity contribution >= 4 is 17.4 Å². The second-order valence-corrected chi connectivity index (χ2v) is 4.84. The summed E-state index contributed by atoms with van der Waals surface area (Å²) in [4.78, 5) is 24.5. The van der Waals surface area contributed by atoms with Gasteiger partial charge in [-0.1, -0.05) is 36.9 Å². The third-order valence-corrected chi connectivity index (χ3v) is 3.14. The fraction of sp³-hybridized carbons (Fsp3) is 0.111. The molecule has 1 N–H and O–H groups in total. The summed E-state index contributed by atoms with van der Waals surface area (Å²) in [6, 6.07) is 13.8. The standard InChI is InChI=1S/C18H17NO3/c1-12(2)18(21)19-16-11-14(22-3)9-10-15(16)17(20)13-7-5-4-6-8-13/h4-11H,1H2,2-3H3,(H,19,21). The highest BCUT2D eigenvalue weighted by atomic mass is 16.5. The summed E-state index contributed by atoms with van der Waals surface area (Å²) in [5.41, 5.74) is 1.72. The van der Waals surface area contributed by atoms with Gasteiger partial charge in [0.2, 0.25) is 0 Å². The van der Waals surface area contributed by atoms with Crippen molar-refractivity contribution in [3.8, 4) is 5.75 Å². The minimum absolute atomic E-state index is 0.166. The van der Waals surface area contributed by atoms with Gasteiger partial charge in [-0.15, -0.1) is 0 Å². The fourth-order valence-corrected chi connectivity index (χ4v) is 1.93. The quantitative estimate of drug-likeness (QED) is 0.679. The second kappa shape index (κ2) is 6.72. The van der Waals surface area contributed by atoms with Crippen molar-refractivity contribution < 1.29 is 14.3 Å². The highest BCUT2D eigenvalue weighted by Crippen LogP contribution is 2.25. The van der Waals surface area contributed by atoms with E-state index in [9.17, 15) is 9.59 Å². The van der Waals surface area contributed by atoms with Gasteiger partial charge < -0.3 is 10.1 Å². The summed E-state index contributed by atoms with van der Waals surface area (Å²) in [5, 5.41) is 2.70. The first-order chi connectivity index (χ1) is 10.5. The number of nitrogens with one attached hydrogen (secondary N) is 1. The van der Waals surface area contributed by atoms with Gasteiger partial charge in [-0.25, -0.2) is 0 Å². The molecule has 2 aromatic carbocycles. The SMILES string of the molecule is C=C(C)C(=O)Nc1cc(OC)ccc1C(=O)c1ccccc1. The highest BCUT2D eigenvalue weighted by Gasteiger charge is 2.16. The van der Waals surface area contributed by atoms with Crippen LogP contribution in [0.2, 0.25) is 0 Å². The molecule has 0 spiro atoms. The van der Waals surface area contributed by atoms with Crippen LogP contribution in [-0.2, 0) is 4.79 Å². The molecule has 0 bridgehead atoms. The Morgan fingerprint density at radius 3 is 2.36 bits per heavy atom. The molecule has 0 atom stereocenters. The van der Waals surface area contributed by atoms with Crippen LogP contribution in [0.1, 0.15) is 22.8 Å². The van der Waals surface area contributed by atoms with Crippen LogP contribution in [0.25, 0.3) is 0 Å². The predicted molar refractivity (Wildman–Crippen MR) is 86.3 cm³/mol. The van der Waals surface area contributed by atoms with Gasteiger partial charge in [0.15, 0.2) is 5.78 Å². The highest BCUT2D eigenvalue weighted by molar-refractivity contribution is 6.15. The van der Waals surface area contributed by atoms with E-state index in [2.05, 4.69) is 11.9 Å². The zero-order valence-electron chi connectivity index (χ0n) is 12.6. The average Bonchev–Trinajstić information content (AvgIpc) is 2.54. The van der Waals surface area contributed by atoms with Gasteiger partial charge in [0.05, 0.1) is 12.8 Å². The lowest BCUT2D eigenvalue weighted by Crippen LogP contribution is -2.15. The van der Waals surface area contributed by atoms with Gasteiger partial charge >= 0.3 is 0 Å². The van der Waals surface area contributed by atoms with E-state index in [0.717, 1.165) is 0 Å². The Bertz CT molecular complexity index is 720. The van der Waals surface area contributed by atoms with E-state index < -0.39 is 0 Å². The molecular weight excluding hydrogens is 278 g/mol. The van der Waals surface area contributed by atoms with Gasteiger partial charge in [0, 0.05) is 22.8 Å². The van der Waals surface area contributed by atoms with Crippen LogP contribution in [0.5, 0.6) is 5.75 Å². The van der Waals surface area contributed by atoms with Crippen molar-refractivity contribution in [2.45, 2.75) is 6.92 Å². The van der Waals surface area contributed by atoms with E-state index in [4.69, 9.17) is 4.74 Å². The Hall–Kier alpha value is -2.88. The lowest BCUT2D eigenvalue weighted by Gasteiger charge is -2.12. The average molecular weight is 295 g/mol. The maximum absolute atomic E-state index is 12.6. The van der Waals surface area contributed by atoms with Crippen LogP contribution >= 0.6 is 0 Å². The van der Waals surface area contributed by atoms with E-state index in [1.807, 2.05) is 6.07 Å². The number of carbonyl (C=O) groups is 2. The monoisotopic (exact) mass is 295 g/mol. The summed E-state index contributed by atoms with van der Waals surface area (Å²) < 4.78 is 5.15. The molecule has 0 fully saturated rings. The van der Waals surface area contributed by atoms with Crippen molar-refractivity contribution in [3.05, 3.63) is 71.8 Å². The molecule has 1 amide bonds. The minimum atomic E-state index is -0.338. The zero-order valence-corrected chi connectivity index (χ0v) is 12.6. The van der Waals surface area contributed by atoms with E-state index >= 15 is 0 Å². The molecule has 4 nitrogen and oxygen atoms in total. The van der Waals surface area contributed by atoms with Gasteiger partial charge in [0.1, 0.15) is 5.75 Å². The molecule has 2 aromatic rings. The van der Waals surface area contributed by atoms with Gasteiger partial charge in [-0.05, 0) is 19.1 Å². The molecule has 4 heteroatoms. The van der Waals surface area contributed by atoms with Crippen molar-refractivity contribution in [3.63, 3.8) is 0 Å². The van der Waals surface area contributed by atoms with Crippen LogP contribution in [-0.4, -0.2) is 18.8 Å². The van der Waals surface area contributed by atoms with E-state index in [1.165, 1.54) is 7.11 Å². The van der Waals surface area contributed by atoms with Crippen LogP contribution in [0.15, 0.2) is 60.7 Å². The number of carbonyl (C=O) groups excluding carboxylic acids is 2. The topological polar surface area (TPSA) is 55.4 Å². The smallest absolute Gasteiger partial charge is 0.250 e. The first-order valence-corrected chi connectivity index (χ1v) is 6.77.